The fourth-order valence-electron chi connectivity index (χ4n) is 5.78. The number of morpholine rings is 1. The minimum Gasteiger partial charge on any atom is -0.453 e. The molecule has 7 nitrogen and oxygen atoms in total. The molecular weight excluding hydrogens is 346 g/mol. The van der Waals surface area contributed by atoms with Crippen LogP contribution in [0.3, 0.4) is 0 Å². The zero-order valence-electron chi connectivity index (χ0n) is 17.0. The van der Waals surface area contributed by atoms with Crippen molar-refractivity contribution in [2.24, 2.45) is 17.8 Å². The molecule has 2 amide bonds. The number of hydrogen-bond acceptors (Lipinski definition) is 5. The molecule has 3 heterocycles. The van der Waals surface area contributed by atoms with Gasteiger partial charge in [0.1, 0.15) is 0 Å². The van der Waals surface area contributed by atoms with Crippen LogP contribution in [-0.4, -0.2) is 90.8 Å². The van der Waals surface area contributed by atoms with E-state index in [-0.39, 0.29) is 30.1 Å². The van der Waals surface area contributed by atoms with Crippen molar-refractivity contribution in [2.75, 3.05) is 40.0 Å². The van der Waals surface area contributed by atoms with Crippen LogP contribution in [0.4, 0.5) is 4.79 Å². The molecule has 0 aromatic rings. The van der Waals surface area contributed by atoms with E-state index in [0.717, 1.165) is 32.5 Å². The molecule has 152 valence electrons. The summed E-state index contributed by atoms with van der Waals surface area (Å²) in [6, 6.07) is 0.990. The highest BCUT2D eigenvalue weighted by Gasteiger charge is 2.61. The maximum absolute atomic E-state index is 12.8. The van der Waals surface area contributed by atoms with Crippen molar-refractivity contribution in [3.05, 3.63) is 0 Å². The number of piperidine rings is 2. The van der Waals surface area contributed by atoms with Gasteiger partial charge >= 0.3 is 6.09 Å². The second kappa shape index (κ2) is 7.24. The number of amides is 2. The van der Waals surface area contributed by atoms with E-state index in [1.807, 2.05) is 9.80 Å². The number of carbonyl (C=O) groups excluding carboxylic acids is 2. The Hall–Kier alpha value is -1.34. The molecule has 0 aromatic heterocycles. The van der Waals surface area contributed by atoms with Crippen molar-refractivity contribution < 1.29 is 19.1 Å². The van der Waals surface area contributed by atoms with E-state index in [1.165, 1.54) is 7.11 Å². The molecular formula is C20H33N3O4. The summed E-state index contributed by atoms with van der Waals surface area (Å²) in [5.74, 6) is 1.65. The zero-order chi connectivity index (χ0) is 19.3. The van der Waals surface area contributed by atoms with Gasteiger partial charge in [0.2, 0.25) is 5.91 Å². The Balaban J connectivity index is 1.35. The first-order chi connectivity index (χ1) is 13.0. The van der Waals surface area contributed by atoms with E-state index in [4.69, 9.17) is 9.47 Å². The Morgan fingerprint density at radius 3 is 2.19 bits per heavy atom. The van der Waals surface area contributed by atoms with Gasteiger partial charge in [0.05, 0.1) is 32.4 Å². The summed E-state index contributed by atoms with van der Waals surface area (Å²) in [6.45, 7) is 10.3. The van der Waals surface area contributed by atoms with Gasteiger partial charge in [0, 0.05) is 37.6 Å². The maximum Gasteiger partial charge on any atom is 0.410 e. The Kier molecular flexibility index (Phi) is 5.10. The van der Waals surface area contributed by atoms with Crippen LogP contribution in [0, 0.1) is 17.8 Å². The third kappa shape index (κ3) is 3.23. The average Bonchev–Trinajstić information content (AvgIpc) is 3.13. The van der Waals surface area contributed by atoms with Crippen LogP contribution in [-0.2, 0) is 14.3 Å². The molecule has 5 atom stereocenters. The molecule has 7 heteroatoms. The molecule has 0 N–H and O–H groups in total. The average molecular weight is 380 g/mol. The SMILES string of the molecule is CCN(C(=O)[C@@H]1[C@@H]2CN(C3CC4COCC(C3)N4C(=O)OC)C[C@@H]21)C(C)C. The predicted molar refractivity (Wildman–Crippen MR) is 100 cm³/mol. The molecule has 2 unspecified atom stereocenters. The lowest BCUT2D eigenvalue weighted by Crippen LogP contribution is -2.62. The van der Waals surface area contributed by atoms with Crippen LogP contribution in [0.5, 0.6) is 0 Å². The molecule has 4 rings (SSSR count). The molecule has 0 radical (unpaired) electrons. The van der Waals surface area contributed by atoms with Gasteiger partial charge in [0.15, 0.2) is 0 Å². The van der Waals surface area contributed by atoms with Crippen LogP contribution in [0.2, 0.25) is 0 Å². The molecule has 2 bridgehead atoms. The van der Waals surface area contributed by atoms with Gasteiger partial charge in [-0.2, -0.15) is 0 Å². The molecule has 1 aliphatic carbocycles. The minimum atomic E-state index is -0.227. The fourth-order valence-corrected chi connectivity index (χ4v) is 5.78. The van der Waals surface area contributed by atoms with Crippen molar-refractivity contribution in [1.82, 2.24) is 14.7 Å². The summed E-state index contributed by atoms with van der Waals surface area (Å²) in [4.78, 5) is 31.4. The third-order valence-corrected chi connectivity index (χ3v) is 7.15. The number of methoxy groups -OCH3 is 1. The molecule has 4 aliphatic rings. The van der Waals surface area contributed by atoms with Crippen LogP contribution in [0.1, 0.15) is 33.6 Å². The normalized spacial score (nSPS) is 37.9. The first-order valence-corrected chi connectivity index (χ1v) is 10.4. The van der Waals surface area contributed by atoms with Crippen LogP contribution in [0.15, 0.2) is 0 Å². The van der Waals surface area contributed by atoms with Crippen molar-refractivity contribution in [3.63, 3.8) is 0 Å². The number of ether oxygens (including phenoxy) is 2. The summed E-state index contributed by atoms with van der Waals surface area (Å²) in [6.07, 6.45) is 1.66. The molecule has 0 spiro atoms. The lowest BCUT2D eigenvalue weighted by molar-refractivity contribution is -0.135. The molecule has 0 aromatic carbocycles. The predicted octanol–water partition coefficient (Wildman–Crippen LogP) is 1.42. The summed E-state index contributed by atoms with van der Waals surface area (Å²) in [5.41, 5.74) is 0. The van der Waals surface area contributed by atoms with E-state index >= 15 is 0 Å². The van der Waals surface area contributed by atoms with Crippen LogP contribution >= 0.6 is 0 Å². The summed E-state index contributed by atoms with van der Waals surface area (Å²) < 4.78 is 10.7. The molecule has 3 aliphatic heterocycles. The highest BCUT2D eigenvalue weighted by atomic mass is 16.5. The Morgan fingerprint density at radius 1 is 1.11 bits per heavy atom. The van der Waals surface area contributed by atoms with E-state index in [1.54, 1.807) is 0 Å². The molecule has 3 saturated heterocycles. The van der Waals surface area contributed by atoms with Gasteiger partial charge in [-0.25, -0.2) is 4.79 Å². The van der Waals surface area contributed by atoms with Gasteiger partial charge in [0.25, 0.3) is 0 Å². The van der Waals surface area contributed by atoms with Crippen molar-refractivity contribution >= 4 is 12.0 Å². The van der Waals surface area contributed by atoms with Gasteiger partial charge in [-0.15, -0.1) is 0 Å². The van der Waals surface area contributed by atoms with E-state index in [0.29, 0.717) is 37.0 Å². The van der Waals surface area contributed by atoms with Gasteiger partial charge in [-0.3, -0.25) is 14.6 Å². The van der Waals surface area contributed by atoms with Crippen molar-refractivity contribution in [1.29, 1.82) is 0 Å². The van der Waals surface area contributed by atoms with E-state index < -0.39 is 0 Å². The lowest BCUT2D eigenvalue weighted by Gasteiger charge is -2.49. The summed E-state index contributed by atoms with van der Waals surface area (Å²) >= 11 is 0. The number of carbonyl (C=O) groups is 2. The van der Waals surface area contributed by atoms with Gasteiger partial charge < -0.3 is 14.4 Å². The number of fused-ring (bicyclic) bond motifs is 3. The summed E-state index contributed by atoms with van der Waals surface area (Å²) in [7, 11) is 1.45. The minimum absolute atomic E-state index is 0.112. The van der Waals surface area contributed by atoms with Gasteiger partial charge in [-0.05, 0) is 45.4 Å². The quantitative estimate of drug-likeness (QED) is 0.739. The first kappa shape index (κ1) is 19.0. The Bertz CT molecular complexity index is 572. The second-order valence-electron chi connectivity index (χ2n) is 8.87. The van der Waals surface area contributed by atoms with Crippen molar-refractivity contribution in [2.45, 2.75) is 57.8 Å². The molecule has 1 saturated carbocycles. The van der Waals surface area contributed by atoms with Gasteiger partial charge in [-0.1, -0.05) is 0 Å². The Morgan fingerprint density at radius 2 is 1.70 bits per heavy atom. The van der Waals surface area contributed by atoms with Crippen LogP contribution < -0.4 is 0 Å². The topological polar surface area (TPSA) is 62.3 Å². The molecule has 27 heavy (non-hydrogen) atoms. The summed E-state index contributed by atoms with van der Waals surface area (Å²) in [5, 5.41) is 0. The number of rotatable bonds is 4. The maximum atomic E-state index is 12.8. The van der Waals surface area contributed by atoms with E-state index in [9.17, 15) is 9.59 Å². The van der Waals surface area contributed by atoms with Crippen LogP contribution in [0.25, 0.3) is 0 Å². The Labute approximate surface area is 161 Å². The zero-order valence-corrected chi connectivity index (χ0v) is 17.0. The van der Waals surface area contributed by atoms with Crippen molar-refractivity contribution in [3.8, 4) is 0 Å². The second-order valence-corrected chi connectivity index (χ2v) is 8.87. The number of nitrogens with zero attached hydrogens (tertiary/aromatic N) is 3. The standard InChI is InChI=1S/C20H33N3O4/c1-5-22(12(2)3)19(24)18-16-8-21(9-17(16)18)13-6-14-10-27-11-15(7-13)23(14)20(25)26-4/h12-18H,5-11H2,1-4H3/t13?,14?,15?,16-,17+,18-. The number of likely N-dealkylation sites (tertiary alicyclic amines) is 1. The monoisotopic (exact) mass is 379 g/mol. The third-order valence-electron chi connectivity index (χ3n) is 7.15. The highest BCUT2D eigenvalue weighted by molar-refractivity contribution is 5.83. The molecule has 4 fully saturated rings. The lowest BCUT2D eigenvalue weighted by atomic mass is 9.89. The van der Waals surface area contributed by atoms with E-state index in [2.05, 4.69) is 25.7 Å². The fraction of sp³-hybridized carbons (Fsp3) is 0.900. The number of hydrogen-bond donors (Lipinski definition) is 0. The highest BCUT2D eigenvalue weighted by Crippen LogP contribution is 2.54. The smallest absolute Gasteiger partial charge is 0.410 e. The first-order valence-electron chi connectivity index (χ1n) is 10.4. The largest absolute Gasteiger partial charge is 0.453 e.